The van der Waals surface area contributed by atoms with Crippen LogP contribution in [-0.4, -0.2) is 82.1 Å². The molecule has 1 aliphatic heterocycles. The van der Waals surface area contributed by atoms with E-state index in [-0.39, 0.29) is 45.9 Å². The fourth-order valence-corrected chi connectivity index (χ4v) is 5.29. The number of aliphatic hydroxyl groups excluding tert-OH is 1. The highest BCUT2D eigenvalue weighted by Crippen LogP contribution is 2.27. The zero-order valence-corrected chi connectivity index (χ0v) is 25.9. The minimum atomic E-state index is -0.745. The lowest BCUT2D eigenvalue weighted by Crippen LogP contribution is -2.38. The predicted molar refractivity (Wildman–Crippen MR) is 172 cm³/mol. The van der Waals surface area contributed by atoms with Crippen molar-refractivity contribution in [3.8, 4) is 5.75 Å². The number of benzene rings is 1. The summed E-state index contributed by atoms with van der Waals surface area (Å²) in [6.07, 6.45) is 7.23. The second-order valence-corrected chi connectivity index (χ2v) is 11.5. The number of likely N-dealkylation sites (tertiary alicyclic amines) is 1. The largest absolute Gasteiger partial charge is 0.506 e. The molecular formula is C29H45ClN10O4. The van der Waals surface area contributed by atoms with Crippen LogP contribution in [0.2, 0.25) is 5.15 Å². The number of phenols is 1. The number of nitrogens with zero attached hydrogens (tertiary/aromatic N) is 4. The molecule has 1 aromatic heterocycles. The van der Waals surface area contributed by atoms with Gasteiger partial charge in [-0.3, -0.25) is 19.9 Å². The van der Waals surface area contributed by atoms with Gasteiger partial charge in [0.05, 0.1) is 11.8 Å². The van der Waals surface area contributed by atoms with E-state index in [0.29, 0.717) is 31.0 Å². The van der Waals surface area contributed by atoms with Crippen LogP contribution in [0.25, 0.3) is 0 Å². The molecule has 2 heterocycles. The van der Waals surface area contributed by atoms with Crippen LogP contribution in [0.15, 0.2) is 23.2 Å². The molecule has 0 bridgehead atoms. The van der Waals surface area contributed by atoms with Crippen molar-refractivity contribution < 1.29 is 19.8 Å². The average molecular weight is 633 g/mol. The Morgan fingerprint density at radius 2 is 1.95 bits per heavy atom. The van der Waals surface area contributed by atoms with E-state index < -0.39 is 12.0 Å². The number of aromatic hydroxyl groups is 1. The molecule has 1 saturated heterocycles. The Balaban J connectivity index is 1.24. The van der Waals surface area contributed by atoms with Gasteiger partial charge >= 0.3 is 0 Å². The number of hydrogen-bond acceptors (Lipinski definition) is 11. The highest BCUT2D eigenvalue weighted by molar-refractivity contribution is 6.31. The topological polar surface area (TPSA) is 230 Å². The van der Waals surface area contributed by atoms with Crippen molar-refractivity contribution in [2.75, 3.05) is 49.5 Å². The third-order valence-corrected chi connectivity index (χ3v) is 8.04. The average Bonchev–Trinajstić information content (AvgIpc) is 2.99. The molecule has 1 aliphatic rings. The number of aliphatic imine (C=N–C) groups is 1. The summed E-state index contributed by atoms with van der Waals surface area (Å²) in [5.41, 5.74) is 17.8. The van der Waals surface area contributed by atoms with E-state index in [9.17, 15) is 19.8 Å². The van der Waals surface area contributed by atoms with Crippen LogP contribution >= 0.6 is 11.6 Å². The zero-order chi connectivity index (χ0) is 32.1. The van der Waals surface area contributed by atoms with Gasteiger partial charge in [-0.05, 0) is 82.3 Å². The first-order valence-electron chi connectivity index (χ1n) is 14.9. The number of aliphatic hydroxyl groups is 1. The summed E-state index contributed by atoms with van der Waals surface area (Å²) in [5.74, 6) is -0.200. The molecule has 0 unspecified atom stereocenters. The Morgan fingerprint density at radius 1 is 1.20 bits per heavy atom. The second kappa shape index (κ2) is 17.5. The van der Waals surface area contributed by atoms with Crippen LogP contribution in [-0.2, 0) is 4.79 Å². The van der Waals surface area contributed by atoms with Crippen molar-refractivity contribution >= 4 is 47.2 Å². The highest BCUT2D eigenvalue weighted by atomic mass is 35.5. The number of nitrogen functional groups attached to an aromatic ring is 2. The number of rotatable bonds is 16. The van der Waals surface area contributed by atoms with Crippen molar-refractivity contribution in [2.45, 2.75) is 64.0 Å². The minimum Gasteiger partial charge on any atom is -0.506 e. The predicted octanol–water partition coefficient (Wildman–Crippen LogP) is 1.99. The Morgan fingerprint density at radius 3 is 2.68 bits per heavy atom. The van der Waals surface area contributed by atoms with Crippen LogP contribution in [0.5, 0.6) is 5.75 Å². The first-order valence-corrected chi connectivity index (χ1v) is 15.3. The Kier molecular flexibility index (Phi) is 13.9. The molecule has 0 aliphatic carbocycles. The van der Waals surface area contributed by atoms with Crippen molar-refractivity contribution in [3.05, 3.63) is 34.6 Å². The summed E-state index contributed by atoms with van der Waals surface area (Å²) in [7, 11) is 0. The molecule has 0 spiro atoms. The number of amides is 2. The third-order valence-electron chi connectivity index (χ3n) is 7.76. The number of hydrogen-bond donors (Lipinski definition) is 8. The SMILES string of the molecule is C[C@H](CCCN1CCC(CCCCN=C(N)NC(=O)c2nc(Cl)c(N)nc2N)CC1)NC[C@H](O)c1ccc(O)c(NC=O)c1. The molecular weight excluding hydrogens is 588 g/mol. The molecule has 15 heteroatoms. The van der Waals surface area contributed by atoms with Gasteiger partial charge in [-0.2, -0.15) is 0 Å². The van der Waals surface area contributed by atoms with Crippen molar-refractivity contribution in [1.82, 2.24) is 25.5 Å². The zero-order valence-electron chi connectivity index (χ0n) is 25.1. The summed E-state index contributed by atoms with van der Waals surface area (Å²) in [6, 6.07) is 4.93. The number of halogens is 1. The van der Waals surface area contributed by atoms with E-state index in [0.717, 1.165) is 51.7 Å². The molecule has 1 aromatic carbocycles. The summed E-state index contributed by atoms with van der Waals surface area (Å²) in [4.78, 5) is 37.4. The molecule has 0 radical (unpaired) electrons. The molecule has 2 atom stereocenters. The van der Waals surface area contributed by atoms with E-state index in [4.69, 9.17) is 28.8 Å². The minimum absolute atomic E-state index is 0.0160. The summed E-state index contributed by atoms with van der Waals surface area (Å²) in [6.45, 7) is 6.25. The van der Waals surface area contributed by atoms with Crippen LogP contribution in [0.4, 0.5) is 17.3 Å². The molecule has 2 aromatic rings. The lowest BCUT2D eigenvalue weighted by atomic mass is 9.91. The van der Waals surface area contributed by atoms with Crippen molar-refractivity contribution in [2.24, 2.45) is 16.6 Å². The van der Waals surface area contributed by atoms with Gasteiger partial charge in [-0.1, -0.05) is 30.5 Å². The van der Waals surface area contributed by atoms with Gasteiger partial charge in [-0.25, -0.2) is 9.97 Å². The normalized spacial score (nSPS) is 15.9. The molecule has 1 fully saturated rings. The molecule has 44 heavy (non-hydrogen) atoms. The van der Waals surface area contributed by atoms with E-state index in [1.807, 2.05) is 0 Å². The van der Waals surface area contributed by atoms with Crippen LogP contribution in [0.3, 0.4) is 0 Å². The summed E-state index contributed by atoms with van der Waals surface area (Å²) >= 11 is 5.82. The van der Waals surface area contributed by atoms with Gasteiger partial charge in [0.1, 0.15) is 5.75 Å². The number of anilines is 3. The van der Waals surface area contributed by atoms with Crippen LogP contribution in [0.1, 0.15) is 74.0 Å². The first-order chi connectivity index (χ1) is 21.1. The third kappa shape index (κ3) is 11.1. The van der Waals surface area contributed by atoms with E-state index in [1.165, 1.54) is 18.9 Å². The Labute approximate surface area is 262 Å². The van der Waals surface area contributed by atoms with Gasteiger partial charge in [0.2, 0.25) is 6.41 Å². The maximum Gasteiger partial charge on any atom is 0.280 e. The van der Waals surface area contributed by atoms with Gasteiger partial charge in [0.15, 0.2) is 28.4 Å². The van der Waals surface area contributed by atoms with Crippen LogP contribution in [0, 0.1) is 5.92 Å². The number of aromatic nitrogens is 2. The molecule has 242 valence electrons. The fourth-order valence-electron chi connectivity index (χ4n) is 5.16. The lowest BCUT2D eigenvalue weighted by Gasteiger charge is -2.32. The molecule has 3 rings (SSSR count). The fraction of sp³-hybridized carbons (Fsp3) is 0.552. The van der Waals surface area contributed by atoms with Crippen LogP contribution < -0.4 is 33.2 Å². The smallest absolute Gasteiger partial charge is 0.280 e. The monoisotopic (exact) mass is 632 g/mol. The first kappa shape index (κ1) is 34.8. The number of nitrogens with two attached hydrogens (primary N) is 3. The van der Waals surface area contributed by atoms with Crippen molar-refractivity contribution in [1.29, 1.82) is 0 Å². The molecule has 2 amide bonds. The van der Waals surface area contributed by atoms with Gasteiger partial charge in [0.25, 0.3) is 5.91 Å². The number of piperidine rings is 1. The van der Waals surface area contributed by atoms with Gasteiger partial charge in [-0.15, -0.1) is 0 Å². The maximum absolute atomic E-state index is 12.3. The molecule has 0 saturated carbocycles. The van der Waals surface area contributed by atoms with Crippen molar-refractivity contribution in [3.63, 3.8) is 0 Å². The number of phenolic OH excluding ortho intramolecular Hbond substituents is 1. The van der Waals surface area contributed by atoms with Gasteiger partial charge < -0.3 is 42.9 Å². The van der Waals surface area contributed by atoms with E-state index in [2.05, 4.69) is 42.7 Å². The summed E-state index contributed by atoms with van der Waals surface area (Å²) in [5, 5.41) is 28.4. The standard InChI is InChI=1S/C29H45ClN10O4/c1-18(35-16-23(43)20-7-8-22(42)21(15-20)36-17-41)5-4-12-40-13-9-19(10-14-40)6-2-3-11-34-29(33)39-28(44)24-26(31)38-27(32)25(30)37-24/h7-8,15,17-19,23,35,42-43H,2-6,9-14,16H2,1H3,(H,36,41)(H4,31,32,38)(H3,33,34,39,44)/t18-,23+/m1/s1. The number of unbranched alkanes of at least 4 members (excludes halogenated alkanes) is 1. The van der Waals surface area contributed by atoms with E-state index >= 15 is 0 Å². The summed E-state index contributed by atoms with van der Waals surface area (Å²) < 4.78 is 0. The number of carbonyl (C=O) groups excluding carboxylic acids is 2. The van der Waals surface area contributed by atoms with E-state index in [1.54, 1.807) is 12.1 Å². The number of nitrogens with one attached hydrogen (secondary N) is 3. The highest BCUT2D eigenvalue weighted by Gasteiger charge is 2.19. The Bertz CT molecular complexity index is 1270. The quantitative estimate of drug-likeness (QED) is 0.0438. The van der Waals surface area contributed by atoms with Gasteiger partial charge in [0, 0.05) is 19.1 Å². The number of carbonyl (C=O) groups is 2. The maximum atomic E-state index is 12.3. The lowest BCUT2D eigenvalue weighted by molar-refractivity contribution is -0.105. The Hall–Kier alpha value is -3.72. The second-order valence-electron chi connectivity index (χ2n) is 11.1. The molecule has 14 nitrogen and oxygen atoms in total. The molecule has 11 N–H and O–H groups in total. The number of guanidine groups is 1.